The highest BCUT2D eigenvalue weighted by Gasteiger charge is 2.16. The van der Waals surface area contributed by atoms with Crippen molar-refractivity contribution in [2.24, 2.45) is 0 Å². The van der Waals surface area contributed by atoms with Gasteiger partial charge in [-0.1, -0.05) is 37.1 Å². The minimum absolute atomic E-state index is 0.310. The second-order valence-electron chi connectivity index (χ2n) is 4.74. The number of aliphatic hydroxyl groups excluding tert-OH is 1. The Morgan fingerprint density at radius 2 is 1.81 bits per heavy atom. The van der Waals surface area contributed by atoms with E-state index in [-0.39, 0.29) is 0 Å². The summed E-state index contributed by atoms with van der Waals surface area (Å²) in [5, 5.41) is 9.46. The van der Waals surface area contributed by atoms with Crippen molar-refractivity contribution < 1.29 is 5.11 Å². The molecule has 1 N–H and O–H groups in total. The van der Waals surface area contributed by atoms with Crippen LogP contribution >= 0.6 is 11.6 Å². The first-order valence-corrected chi connectivity index (χ1v) is 6.66. The molecule has 88 valence electrons. The molecular formula is C14H19ClO. The minimum atomic E-state index is -0.418. The second-order valence-corrected chi connectivity index (χ2v) is 5.04. The number of alkyl halides is 1. The van der Waals surface area contributed by atoms with E-state index in [9.17, 15) is 5.11 Å². The van der Waals surface area contributed by atoms with E-state index < -0.39 is 6.10 Å². The van der Waals surface area contributed by atoms with E-state index in [1.165, 1.54) is 36.8 Å². The molecule has 1 saturated carbocycles. The molecule has 0 unspecified atom stereocenters. The number of benzene rings is 1. The average molecular weight is 239 g/mol. The molecule has 0 aliphatic heterocycles. The molecule has 0 spiro atoms. The molecule has 1 aliphatic carbocycles. The van der Waals surface area contributed by atoms with Gasteiger partial charge in [-0.15, -0.1) is 11.6 Å². The van der Waals surface area contributed by atoms with E-state index in [0.717, 1.165) is 5.92 Å². The van der Waals surface area contributed by atoms with Crippen LogP contribution in [-0.2, 0) is 6.42 Å². The van der Waals surface area contributed by atoms with Gasteiger partial charge in [-0.3, -0.25) is 0 Å². The lowest BCUT2D eigenvalue weighted by Gasteiger charge is -2.11. The molecule has 0 radical (unpaired) electrons. The predicted octanol–water partition coefficient (Wildman–Crippen LogP) is 3.49. The Kier molecular flexibility index (Phi) is 4.25. The summed E-state index contributed by atoms with van der Waals surface area (Å²) in [7, 11) is 0. The van der Waals surface area contributed by atoms with E-state index in [1.807, 2.05) is 0 Å². The smallest absolute Gasteiger partial charge is 0.0715 e. The quantitative estimate of drug-likeness (QED) is 0.797. The molecule has 1 atom stereocenters. The van der Waals surface area contributed by atoms with E-state index in [4.69, 9.17) is 11.6 Å². The monoisotopic (exact) mass is 238 g/mol. The van der Waals surface area contributed by atoms with Crippen LogP contribution in [0.5, 0.6) is 0 Å². The number of halogens is 1. The Labute approximate surface area is 102 Å². The summed E-state index contributed by atoms with van der Waals surface area (Å²) in [4.78, 5) is 0. The highest BCUT2D eigenvalue weighted by molar-refractivity contribution is 6.18. The van der Waals surface area contributed by atoms with Crippen LogP contribution in [-0.4, -0.2) is 17.1 Å². The zero-order valence-corrected chi connectivity index (χ0v) is 10.3. The standard InChI is InChI=1S/C14H19ClO/c15-10-14(16)9-11-5-7-13(8-6-11)12-3-1-2-4-12/h5-8,12,14,16H,1-4,9-10H2/t14-/m1/s1. The van der Waals surface area contributed by atoms with Gasteiger partial charge in [0.25, 0.3) is 0 Å². The van der Waals surface area contributed by atoms with Crippen molar-refractivity contribution in [2.75, 3.05) is 5.88 Å². The van der Waals surface area contributed by atoms with Gasteiger partial charge in [-0.25, -0.2) is 0 Å². The van der Waals surface area contributed by atoms with Crippen molar-refractivity contribution in [1.29, 1.82) is 0 Å². The second kappa shape index (κ2) is 5.70. The molecule has 1 fully saturated rings. The number of aliphatic hydroxyl groups is 1. The molecule has 16 heavy (non-hydrogen) atoms. The summed E-state index contributed by atoms with van der Waals surface area (Å²) in [5.41, 5.74) is 2.64. The molecule has 0 heterocycles. The third-order valence-electron chi connectivity index (χ3n) is 3.46. The van der Waals surface area contributed by atoms with Gasteiger partial charge in [-0.05, 0) is 36.3 Å². The molecule has 1 aliphatic rings. The molecule has 0 saturated heterocycles. The Bertz CT molecular complexity index is 314. The summed E-state index contributed by atoms with van der Waals surface area (Å²) in [6.07, 6.45) is 5.66. The van der Waals surface area contributed by atoms with Crippen LogP contribution in [0.2, 0.25) is 0 Å². The van der Waals surface area contributed by atoms with Gasteiger partial charge in [0.05, 0.1) is 6.10 Å². The summed E-state index contributed by atoms with van der Waals surface area (Å²) >= 11 is 5.59. The summed E-state index contributed by atoms with van der Waals surface area (Å²) in [6, 6.07) is 8.69. The first kappa shape index (κ1) is 11.9. The summed E-state index contributed by atoms with van der Waals surface area (Å²) < 4.78 is 0. The third kappa shape index (κ3) is 2.99. The van der Waals surface area contributed by atoms with Crippen LogP contribution in [0, 0.1) is 0 Å². The SMILES string of the molecule is O[C@@H](CCl)Cc1ccc(C2CCCC2)cc1. The van der Waals surface area contributed by atoms with Gasteiger partial charge in [0.15, 0.2) is 0 Å². The van der Waals surface area contributed by atoms with E-state index >= 15 is 0 Å². The zero-order valence-electron chi connectivity index (χ0n) is 9.53. The van der Waals surface area contributed by atoms with Gasteiger partial charge in [0.1, 0.15) is 0 Å². The highest BCUT2D eigenvalue weighted by Crippen LogP contribution is 2.33. The van der Waals surface area contributed by atoms with Crippen molar-refractivity contribution in [3.8, 4) is 0 Å². The molecule has 2 heteroatoms. The van der Waals surface area contributed by atoms with Crippen LogP contribution in [0.25, 0.3) is 0 Å². The fraction of sp³-hybridized carbons (Fsp3) is 0.571. The van der Waals surface area contributed by atoms with E-state index in [1.54, 1.807) is 0 Å². The van der Waals surface area contributed by atoms with Crippen LogP contribution in [0.15, 0.2) is 24.3 Å². The molecule has 1 aromatic rings. The van der Waals surface area contributed by atoms with Crippen LogP contribution in [0.4, 0.5) is 0 Å². The maximum atomic E-state index is 9.46. The van der Waals surface area contributed by atoms with Crippen LogP contribution in [0.3, 0.4) is 0 Å². The van der Waals surface area contributed by atoms with Crippen molar-refractivity contribution in [3.05, 3.63) is 35.4 Å². The first-order valence-electron chi connectivity index (χ1n) is 6.12. The minimum Gasteiger partial charge on any atom is -0.392 e. The largest absolute Gasteiger partial charge is 0.392 e. The highest BCUT2D eigenvalue weighted by atomic mass is 35.5. The predicted molar refractivity (Wildman–Crippen MR) is 68.1 cm³/mol. The van der Waals surface area contributed by atoms with Crippen molar-refractivity contribution in [1.82, 2.24) is 0 Å². The van der Waals surface area contributed by atoms with Gasteiger partial charge >= 0.3 is 0 Å². The number of hydrogen-bond donors (Lipinski definition) is 1. The van der Waals surface area contributed by atoms with E-state index in [0.29, 0.717) is 12.3 Å². The molecule has 0 bridgehead atoms. The van der Waals surface area contributed by atoms with Crippen molar-refractivity contribution in [3.63, 3.8) is 0 Å². The fourth-order valence-electron chi connectivity index (χ4n) is 2.51. The van der Waals surface area contributed by atoms with Gasteiger partial charge in [-0.2, -0.15) is 0 Å². The Morgan fingerprint density at radius 1 is 1.19 bits per heavy atom. The number of rotatable bonds is 4. The van der Waals surface area contributed by atoms with Crippen molar-refractivity contribution in [2.45, 2.75) is 44.1 Å². The lowest BCUT2D eigenvalue weighted by atomic mass is 9.96. The Morgan fingerprint density at radius 3 is 2.38 bits per heavy atom. The zero-order chi connectivity index (χ0) is 11.4. The van der Waals surface area contributed by atoms with Gasteiger partial charge in [0.2, 0.25) is 0 Å². The van der Waals surface area contributed by atoms with E-state index in [2.05, 4.69) is 24.3 Å². The first-order chi connectivity index (χ1) is 7.79. The lowest BCUT2D eigenvalue weighted by molar-refractivity contribution is 0.199. The Hall–Kier alpha value is -0.530. The lowest BCUT2D eigenvalue weighted by Crippen LogP contribution is -2.11. The van der Waals surface area contributed by atoms with Gasteiger partial charge in [0, 0.05) is 5.88 Å². The molecule has 0 amide bonds. The maximum absolute atomic E-state index is 9.46. The molecule has 1 aromatic carbocycles. The van der Waals surface area contributed by atoms with Crippen LogP contribution in [0.1, 0.15) is 42.7 Å². The van der Waals surface area contributed by atoms with Gasteiger partial charge < -0.3 is 5.11 Å². The third-order valence-corrected chi connectivity index (χ3v) is 3.81. The fourth-order valence-corrected chi connectivity index (χ4v) is 2.62. The molecule has 1 nitrogen and oxygen atoms in total. The Balaban J connectivity index is 1.98. The number of hydrogen-bond acceptors (Lipinski definition) is 1. The van der Waals surface area contributed by atoms with Crippen molar-refractivity contribution >= 4 is 11.6 Å². The topological polar surface area (TPSA) is 20.2 Å². The normalized spacial score (nSPS) is 18.9. The summed E-state index contributed by atoms with van der Waals surface area (Å²) in [5.74, 6) is 1.08. The molecule has 2 rings (SSSR count). The van der Waals surface area contributed by atoms with Crippen LogP contribution < -0.4 is 0 Å². The summed E-state index contributed by atoms with van der Waals surface area (Å²) in [6.45, 7) is 0. The molecular weight excluding hydrogens is 220 g/mol. The average Bonchev–Trinajstić information content (AvgIpc) is 2.83. The maximum Gasteiger partial charge on any atom is 0.0715 e. The molecule has 0 aromatic heterocycles.